The van der Waals surface area contributed by atoms with Crippen LogP contribution in [-0.4, -0.2) is 0 Å². The largest absolute Gasteiger partial charge is 0.381 e. The first kappa shape index (κ1) is 13.4. The highest BCUT2D eigenvalue weighted by Crippen LogP contribution is 2.19. The van der Waals surface area contributed by atoms with Gasteiger partial charge < -0.3 is 5.32 Å². The zero-order chi connectivity index (χ0) is 12.2. The highest BCUT2D eigenvalue weighted by atomic mass is 35.5. The molecular formula is C17H16ClN. The smallest absolute Gasteiger partial charge is 0.0400 e. The van der Waals surface area contributed by atoms with E-state index in [0.717, 1.165) is 12.2 Å². The molecule has 0 unspecified atom stereocenters. The van der Waals surface area contributed by atoms with Crippen LogP contribution in [-0.2, 0) is 6.54 Å². The van der Waals surface area contributed by atoms with Crippen LogP contribution >= 0.6 is 12.4 Å². The Morgan fingerprint density at radius 2 is 1.37 bits per heavy atom. The second kappa shape index (κ2) is 6.26. The molecular weight excluding hydrogens is 254 g/mol. The standard InChI is InChI=1S/C17H15N.ClH/c1-2-6-14(7-3-1)13-18-17-11-10-15-8-4-5-9-16(15)12-17;/h1-12,18H,13H2;1H. The van der Waals surface area contributed by atoms with Crippen molar-refractivity contribution in [3.8, 4) is 0 Å². The van der Waals surface area contributed by atoms with Gasteiger partial charge in [0.15, 0.2) is 0 Å². The summed E-state index contributed by atoms with van der Waals surface area (Å²) in [5.74, 6) is 0. The Kier molecular flexibility index (Phi) is 4.43. The van der Waals surface area contributed by atoms with Crippen molar-refractivity contribution in [3.63, 3.8) is 0 Å². The van der Waals surface area contributed by atoms with Crippen LogP contribution in [0.15, 0.2) is 72.8 Å². The molecule has 0 aliphatic rings. The highest BCUT2D eigenvalue weighted by Gasteiger charge is 1.96. The Hall–Kier alpha value is -1.99. The van der Waals surface area contributed by atoms with Gasteiger partial charge in [-0.3, -0.25) is 0 Å². The van der Waals surface area contributed by atoms with E-state index in [1.807, 2.05) is 6.07 Å². The molecule has 0 heterocycles. The van der Waals surface area contributed by atoms with Gasteiger partial charge in [-0.1, -0.05) is 60.7 Å². The molecule has 0 aliphatic heterocycles. The maximum atomic E-state index is 3.45. The quantitative estimate of drug-likeness (QED) is 0.715. The van der Waals surface area contributed by atoms with Crippen LogP contribution < -0.4 is 5.32 Å². The summed E-state index contributed by atoms with van der Waals surface area (Å²) < 4.78 is 0. The van der Waals surface area contributed by atoms with Crippen LogP contribution in [0.25, 0.3) is 10.8 Å². The van der Waals surface area contributed by atoms with Gasteiger partial charge >= 0.3 is 0 Å². The summed E-state index contributed by atoms with van der Waals surface area (Å²) in [5, 5.41) is 6.01. The summed E-state index contributed by atoms with van der Waals surface area (Å²) in [5.41, 5.74) is 2.46. The summed E-state index contributed by atoms with van der Waals surface area (Å²) in [6.07, 6.45) is 0. The maximum Gasteiger partial charge on any atom is 0.0400 e. The lowest BCUT2D eigenvalue weighted by molar-refractivity contribution is 1.15. The minimum Gasteiger partial charge on any atom is -0.381 e. The van der Waals surface area contributed by atoms with E-state index in [2.05, 4.69) is 72.0 Å². The average molecular weight is 270 g/mol. The molecule has 0 spiro atoms. The molecule has 2 heteroatoms. The third-order valence-corrected chi connectivity index (χ3v) is 3.09. The molecule has 0 aliphatic carbocycles. The number of anilines is 1. The summed E-state index contributed by atoms with van der Waals surface area (Å²) in [6, 6.07) is 25.3. The predicted molar refractivity (Wildman–Crippen MR) is 85.0 cm³/mol. The van der Waals surface area contributed by atoms with Crippen molar-refractivity contribution in [3.05, 3.63) is 78.4 Å². The fraction of sp³-hybridized carbons (Fsp3) is 0.0588. The van der Waals surface area contributed by atoms with E-state index in [9.17, 15) is 0 Å². The first-order chi connectivity index (χ1) is 8.92. The molecule has 0 aromatic heterocycles. The second-order valence-corrected chi connectivity index (χ2v) is 4.40. The Labute approximate surface area is 119 Å². The van der Waals surface area contributed by atoms with Gasteiger partial charge in [-0.25, -0.2) is 0 Å². The summed E-state index contributed by atoms with van der Waals surface area (Å²) in [6.45, 7) is 0.860. The number of halogens is 1. The lowest BCUT2D eigenvalue weighted by Gasteiger charge is -2.07. The summed E-state index contributed by atoms with van der Waals surface area (Å²) in [4.78, 5) is 0. The fourth-order valence-electron chi connectivity index (χ4n) is 2.10. The average Bonchev–Trinajstić information content (AvgIpc) is 2.46. The first-order valence-corrected chi connectivity index (χ1v) is 6.18. The van der Waals surface area contributed by atoms with Crippen molar-refractivity contribution in [2.45, 2.75) is 6.54 Å². The van der Waals surface area contributed by atoms with E-state index in [1.54, 1.807) is 0 Å². The van der Waals surface area contributed by atoms with Gasteiger partial charge in [-0.2, -0.15) is 0 Å². The molecule has 19 heavy (non-hydrogen) atoms. The molecule has 1 N–H and O–H groups in total. The molecule has 96 valence electrons. The number of nitrogens with one attached hydrogen (secondary N) is 1. The van der Waals surface area contributed by atoms with Gasteiger partial charge in [0.25, 0.3) is 0 Å². The second-order valence-electron chi connectivity index (χ2n) is 4.40. The van der Waals surface area contributed by atoms with E-state index in [1.165, 1.54) is 16.3 Å². The van der Waals surface area contributed by atoms with Gasteiger partial charge in [0, 0.05) is 12.2 Å². The molecule has 0 saturated carbocycles. The molecule has 1 nitrogen and oxygen atoms in total. The molecule has 0 amide bonds. The van der Waals surface area contributed by atoms with Gasteiger partial charge in [-0.05, 0) is 28.5 Å². The van der Waals surface area contributed by atoms with Crippen LogP contribution in [0.2, 0.25) is 0 Å². The number of hydrogen-bond acceptors (Lipinski definition) is 1. The molecule has 0 bridgehead atoms. The zero-order valence-electron chi connectivity index (χ0n) is 10.5. The van der Waals surface area contributed by atoms with E-state index in [-0.39, 0.29) is 12.4 Å². The van der Waals surface area contributed by atoms with Gasteiger partial charge in [0.1, 0.15) is 0 Å². The SMILES string of the molecule is Cl.c1ccc(CNc2ccc3ccccc3c2)cc1. The van der Waals surface area contributed by atoms with Crippen LogP contribution in [0.1, 0.15) is 5.56 Å². The summed E-state index contributed by atoms with van der Waals surface area (Å²) >= 11 is 0. The Balaban J connectivity index is 0.00000133. The van der Waals surface area contributed by atoms with Crippen LogP contribution in [0, 0.1) is 0 Å². The Bertz CT molecular complexity index is 649. The van der Waals surface area contributed by atoms with Crippen LogP contribution in [0.4, 0.5) is 5.69 Å². The number of rotatable bonds is 3. The van der Waals surface area contributed by atoms with E-state index in [4.69, 9.17) is 0 Å². The molecule has 3 rings (SSSR count). The van der Waals surface area contributed by atoms with Crippen molar-refractivity contribution >= 4 is 28.9 Å². The predicted octanol–water partition coefficient (Wildman–Crippen LogP) is 4.87. The molecule has 3 aromatic carbocycles. The number of hydrogen-bond donors (Lipinski definition) is 1. The molecule has 3 aromatic rings. The number of fused-ring (bicyclic) bond motifs is 1. The van der Waals surface area contributed by atoms with Crippen molar-refractivity contribution < 1.29 is 0 Å². The topological polar surface area (TPSA) is 12.0 Å². The van der Waals surface area contributed by atoms with Crippen LogP contribution in [0.5, 0.6) is 0 Å². The minimum atomic E-state index is 0. The van der Waals surface area contributed by atoms with E-state index >= 15 is 0 Å². The molecule has 0 radical (unpaired) electrons. The summed E-state index contributed by atoms with van der Waals surface area (Å²) in [7, 11) is 0. The zero-order valence-corrected chi connectivity index (χ0v) is 11.4. The van der Waals surface area contributed by atoms with Gasteiger partial charge in [0.2, 0.25) is 0 Å². The van der Waals surface area contributed by atoms with Crippen LogP contribution in [0.3, 0.4) is 0 Å². The monoisotopic (exact) mass is 269 g/mol. The lowest BCUT2D eigenvalue weighted by atomic mass is 10.1. The van der Waals surface area contributed by atoms with E-state index < -0.39 is 0 Å². The first-order valence-electron chi connectivity index (χ1n) is 6.18. The van der Waals surface area contributed by atoms with Crippen molar-refractivity contribution in [2.75, 3.05) is 5.32 Å². The van der Waals surface area contributed by atoms with Gasteiger partial charge in [0.05, 0.1) is 0 Å². The molecule has 0 saturated heterocycles. The molecule has 0 fully saturated rings. The minimum absolute atomic E-state index is 0. The Morgan fingerprint density at radius 3 is 2.16 bits per heavy atom. The lowest BCUT2D eigenvalue weighted by Crippen LogP contribution is -1.98. The highest BCUT2D eigenvalue weighted by molar-refractivity contribution is 5.86. The number of benzene rings is 3. The third kappa shape index (κ3) is 3.27. The third-order valence-electron chi connectivity index (χ3n) is 3.09. The van der Waals surface area contributed by atoms with Crippen molar-refractivity contribution in [1.82, 2.24) is 0 Å². The normalized spacial score (nSPS) is 9.89. The van der Waals surface area contributed by atoms with Crippen molar-refractivity contribution in [2.24, 2.45) is 0 Å². The maximum absolute atomic E-state index is 3.45. The Morgan fingerprint density at radius 1 is 0.684 bits per heavy atom. The molecule has 0 atom stereocenters. The van der Waals surface area contributed by atoms with E-state index in [0.29, 0.717) is 0 Å². The van der Waals surface area contributed by atoms with Gasteiger partial charge in [-0.15, -0.1) is 12.4 Å². The fourth-order valence-corrected chi connectivity index (χ4v) is 2.10. The van der Waals surface area contributed by atoms with Crippen molar-refractivity contribution in [1.29, 1.82) is 0 Å².